The first-order valence-electron chi connectivity index (χ1n) is 5.28. The Morgan fingerprint density at radius 1 is 1.28 bits per heavy atom. The lowest BCUT2D eigenvalue weighted by atomic mass is 10.2. The molecule has 0 aliphatic rings. The summed E-state index contributed by atoms with van der Waals surface area (Å²) >= 11 is 0. The number of amides is 2. The van der Waals surface area contributed by atoms with E-state index in [1.807, 2.05) is 0 Å². The standard InChI is InChI=1S/C11H13N3O4/c1-8(15)12-5-6-13-11(16)9-3-2-4-10(7-9)14(17)18/h2-4,7H,5-6H2,1H3,(H,12,15)(H,13,16). The minimum Gasteiger partial charge on any atom is -0.355 e. The van der Waals surface area contributed by atoms with Gasteiger partial charge in [-0.3, -0.25) is 19.7 Å². The third-order valence-electron chi connectivity index (χ3n) is 2.10. The second kappa shape index (κ2) is 6.33. The number of benzene rings is 1. The number of hydrogen-bond acceptors (Lipinski definition) is 4. The van der Waals surface area contributed by atoms with Crippen LogP contribution in [0, 0.1) is 10.1 Å². The maximum Gasteiger partial charge on any atom is 0.270 e. The molecule has 1 aromatic carbocycles. The van der Waals surface area contributed by atoms with Crippen molar-refractivity contribution in [2.45, 2.75) is 6.92 Å². The first-order valence-corrected chi connectivity index (χ1v) is 5.28. The van der Waals surface area contributed by atoms with Gasteiger partial charge in [0, 0.05) is 37.7 Å². The largest absolute Gasteiger partial charge is 0.355 e. The molecule has 0 unspecified atom stereocenters. The van der Waals surface area contributed by atoms with E-state index in [0.717, 1.165) is 0 Å². The number of nitro benzene ring substituents is 1. The van der Waals surface area contributed by atoms with Crippen LogP contribution in [-0.2, 0) is 4.79 Å². The Labute approximate surface area is 103 Å². The molecule has 2 amide bonds. The van der Waals surface area contributed by atoms with Gasteiger partial charge in [-0.05, 0) is 6.07 Å². The zero-order valence-electron chi connectivity index (χ0n) is 9.80. The Balaban J connectivity index is 2.53. The number of nitrogens with one attached hydrogen (secondary N) is 2. The maximum atomic E-state index is 11.6. The van der Waals surface area contributed by atoms with Crippen LogP contribution in [-0.4, -0.2) is 29.8 Å². The van der Waals surface area contributed by atoms with E-state index in [-0.39, 0.29) is 23.7 Å². The van der Waals surface area contributed by atoms with Crippen molar-refractivity contribution in [3.63, 3.8) is 0 Å². The number of rotatable bonds is 5. The number of nitro groups is 1. The molecule has 1 rings (SSSR count). The molecule has 0 heterocycles. The summed E-state index contributed by atoms with van der Waals surface area (Å²) in [6.07, 6.45) is 0. The van der Waals surface area contributed by atoms with E-state index in [1.165, 1.54) is 31.2 Å². The lowest BCUT2D eigenvalue weighted by Gasteiger charge is -2.05. The van der Waals surface area contributed by atoms with Crippen LogP contribution in [0.1, 0.15) is 17.3 Å². The van der Waals surface area contributed by atoms with Crippen molar-refractivity contribution in [2.75, 3.05) is 13.1 Å². The van der Waals surface area contributed by atoms with E-state index in [4.69, 9.17) is 0 Å². The normalized spacial score (nSPS) is 9.61. The molecule has 0 saturated heterocycles. The van der Waals surface area contributed by atoms with Crippen molar-refractivity contribution in [2.24, 2.45) is 0 Å². The first-order chi connectivity index (χ1) is 8.50. The summed E-state index contributed by atoms with van der Waals surface area (Å²) in [6.45, 7) is 1.96. The summed E-state index contributed by atoms with van der Waals surface area (Å²) in [6, 6.07) is 5.45. The maximum absolute atomic E-state index is 11.6. The van der Waals surface area contributed by atoms with Crippen molar-refractivity contribution in [1.29, 1.82) is 0 Å². The summed E-state index contributed by atoms with van der Waals surface area (Å²) < 4.78 is 0. The zero-order valence-corrected chi connectivity index (χ0v) is 9.80. The highest BCUT2D eigenvalue weighted by Crippen LogP contribution is 2.12. The Morgan fingerprint density at radius 3 is 2.56 bits per heavy atom. The summed E-state index contributed by atoms with van der Waals surface area (Å²) in [4.78, 5) is 32.2. The summed E-state index contributed by atoms with van der Waals surface area (Å²) in [7, 11) is 0. The van der Waals surface area contributed by atoms with Crippen LogP contribution in [0.15, 0.2) is 24.3 Å². The van der Waals surface area contributed by atoms with Crippen molar-refractivity contribution >= 4 is 17.5 Å². The minimum atomic E-state index is -0.561. The summed E-state index contributed by atoms with van der Waals surface area (Å²) in [5.74, 6) is -0.594. The highest BCUT2D eigenvalue weighted by molar-refractivity contribution is 5.94. The predicted molar refractivity (Wildman–Crippen MR) is 64.1 cm³/mol. The third-order valence-corrected chi connectivity index (χ3v) is 2.10. The molecular weight excluding hydrogens is 238 g/mol. The second-order valence-corrected chi connectivity index (χ2v) is 3.55. The average molecular weight is 251 g/mol. The predicted octanol–water partition coefficient (Wildman–Crippen LogP) is 0.461. The van der Waals surface area contributed by atoms with Crippen LogP contribution in [0.2, 0.25) is 0 Å². The molecule has 0 atom stereocenters. The number of carbonyl (C=O) groups is 2. The van der Waals surface area contributed by atoms with Crippen molar-refractivity contribution in [3.05, 3.63) is 39.9 Å². The monoisotopic (exact) mass is 251 g/mol. The molecule has 18 heavy (non-hydrogen) atoms. The molecule has 7 nitrogen and oxygen atoms in total. The van der Waals surface area contributed by atoms with E-state index < -0.39 is 10.8 Å². The molecular formula is C11H13N3O4. The molecule has 0 saturated carbocycles. The van der Waals surface area contributed by atoms with E-state index in [1.54, 1.807) is 0 Å². The molecule has 2 N–H and O–H groups in total. The van der Waals surface area contributed by atoms with Gasteiger partial charge in [-0.2, -0.15) is 0 Å². The molecule has 0 aromatic heterocycles. The van der Waals surface area contributed by atoms with Crippen LogP contribution in [0.4, 0.5) is 5.69 Å². The molecule has 0 radical (unpaired) electrons. The van der Waals surface area contributed by atoms with Crippen molar-refractivity contribution < 1.29 is 14.5 Å². The summed E-state index contributed by atoms with van der Waals surface area (Å²) in [5, 5.41) is 15.6. The topological polar surface area (TPSA) is 101 Å². The number of carbonyl (C=O) groups excluding carboxylic acids is 2. The molecule has 7 heteroatoms. The fourth-order valence-electron chi connectivity index (χ4n) is 1.28. The fraction of sp³-hybridized carbons (Fsp3) is 0.273. The third kappa shape index (κ3) is 4.20. The van der Waals surface area contributed by atoms with E-state index in [0.29, 0.717) is 6.54 Å². The quantitative estimate of drug-likeness (QED) is 0.451. The first kappa shape index (κ1) is 13.6. The van der Waals surface area contributed by atoms with Gasteiger partial charge in [0.05, 0.1) is 4.92 Å². The van der Waals surface area contributed by atoms with Crippen LogP contribution in [0.5, 0.6) is 0 Å². The Kier molecular flexibility index (Phi) is 4.79. The lowest BCUT2D eigenvalue weighted by molar-refractivity contribution is -0.384. The molecule has 0 fully saturated rings. The van der Waals surface area contributed by atoms with Gasteiger partial charge in [0.1, 0.15) is 0 Å². The van der Waals surface area contributed by atoms with Crippen LogP contribution in [0.25, 0.3) is 0 Å². The molecule has 1 aromatic rings. The Hall–Kier alpha value is -2.44. The van der Waals surface area contributed by atoms with Crippen molar-refractivity contribution in [1.82, 2.24) is 10.6 Å². The molecule has 0 bridgehead atoms. The molecule has 0 aliphatic carbocycles. The number of hydrogen-bond donors (Lipinski definition) is 2. The van der Waals surface area contributed by atoms with Crippen LogP contribution in [0.3, 0.4) is 0 Å². The van der Waals surface area contributed by atoms with Gasteiger partial charge in [0.2, 0.25) is 5.91 Å². The van der Waals surface area contributed by atoms with E-state index in [2.05, 4.69) is 10.6 Å². The smallest absolute Gasteiger partial charge is 0.270 e. The number of nitrogens with zero attached hydrogens (tertiary/aromatic N) is 1. The molecule has 96 valence electrons. The second-order valence-electron chi connectivity index (χ2n) is 3.55. The summed E-state index contributed by atoms with van der Waals surface area (Å²) in [5.41, 5.74) is 0.0801. The van der Waals surface area contributed by atoms with E-state index in [9.17, 15) is 19.7 Å². The lowest BCUT2D eigenvalue weighted by Crippen LogP contribution is -2.33. The fourth-order valence-corrected chi connectivity index (χ4v) is 1.28. The zero-order chi connectivity index (χ0) is 13.5. The van der Waals surface area contributed by atoms with Gasteiger partial charge in [-0.25, -0.2) is 0 Å². The Bertz CT molecular complexity index is 473. The Morgan fingerprint density at radius 2 is 1.94 bits per heavy atom. The van der Waals surface area contributed by atoms with Crippen LogP contribution < -0.4 is 10.6 Å². The van der Waals surface area contributed by atoms with Gasteiger partial charge in [-0.15, -0.1) is 0 Å². The van der Waals surface area contributed by atoms with Crippen LogP contribution >= 0.6 is 0 Å². The van der Waals surface area contributed by atoms with Gasteiger partial charge >= 0.3 is 0 Å². The average Bonchev–Trinajstić information content (AvgIpc) is 2.34. The van der Waals surface area contributed by atoms with Crippen molar-refractivity contribution in [3.8, 4) is 0 Å². The van der Waals surface area contributed by atoms with E-state index >= 15 is 0 Å². The van der Waals surface area contributed by atoms with Gasteiger partial charge in [0.25, 0.3) is 11.6 Å². The van der Waals surface area contributed by atoms with Gasteiger partial charge < -0.3 is 10.6 Å². The number of non-ortho nitro benzene ring substituents is 1. The minimum absolute atomic E-state index is 0.135. The molecule has 0 spiro atoms. The van der Waals surface area contributed by atoms with Gasteiger partial charge in [-0.1, -0.05) is 6.07 Å². The highest BCUT2D eigenvalue weighted by Gasteiger charge is 2.10. The SMILES string of the molecule is CC(=O)NCCNC(=O)c1cccc([N+](=O)[O-])c1. The molecule has 0 aliphatic heterocycles. The highest BCUT2D eigenvalue weighted by atomic mass is 16.6. The van der Waals surface area contributed by atoms with Gasteiger partial charge in [0.15, 0.2) is 0 Å².